The molecule has 0 saturated heterocycles. The third-order valence-electron chi connectivity index (χ3n) is 2.03. The fraction of sp³-hybridized carbons (Fsp3) is 0.364. The van der Waals surface area contributed by atoms with Crippen LogP contribution in [-0.4, -0.2) is 29.6 Å². The quantitative estimate of drug-likeness (QED) is 0.756. The highest BCUT2D eigenvalue weighted by molar-refractivity contribution is 7.98. The second-order valence-electron chi connectivity index (χ2n) is 3.27. The summed E-state index contributed by atoms with van der Waals surface area (Å²) in [5.74, 6) is 0.0779. The smallest absolute Gasteiger partial charge is 0.337 e. The Labute approximate surface area is 93.9 Å². The van der Waals surface area contributed by atoms with Crippen LogP contribution < -0.4 is 5.32 Å². The zero-order valence-electron chi connectivity index (χ0n) is 8.91. The van der Waals surface area contributed by atoms with Crippen LogP contribution in [-0.2, 0) is 0 Å². The third kappa shape index (κ3) is 3.47. The second-order valence-corrected chi connectivity index (χ2v) is 4.26. The Morgan fingerprint density at radius 3 is 2.87 bits per heavy atom. The van der Waals surface area contributed by atoms with Crippen LogP contribution in [0, 0.1) is 6.92 Å². The average Bonchev–Trinajstić information content (AvgIpc) is 2.18. The SMILES string of the molecule is CSCCNc1cc(C)ccc1C(=O)O. The molecule has 4 heteroatoms. The van der Waals surface area contributed by atoms with Gasteiger partial charge in [-0.1, -0.05) is 6.07 Å². The molecule has 0 saturated carbocycles. The number of aromatic carboxylic acids is 1. The molecule has 15 heavy (non-hydrogen) atoms. The van der Waals surface area contributed by atoms with E-state index in [0.29, 0.717) is 11.3 Å². The van der Waals surface area contributed by atoms with Crippen LogP contribution >= 0.6 is 11.8 Å². The normalized spacial score (nSPS) is 10.0. The largest absolute Gasteiger partial charge is 0.478 e. The predicted octanol–water partition coefficient (Wildman–Crippen LogP) is 2.47. The van der Waals surface area contributed by atoms with E-state index in [1.807, 2.05) is 25.3 Å². The maximum absolute atomic E-state index is 10.9. The van der Waals surface area contributed by atoms with E-state index in [2.05, 4.69) is 5.32 Å². The average molecular weight is 225 g/mol. The summed E-state index contributed by atoms with van der Waals surface area (Å²) in [5, 5.41) is 12.1. The minimum absolute atomic E-state index is 0.335. The van der Waals surface area contributed by atoms with Gasteiger partial charge in [0.15, 0.2) is 0 Å². The summed E-state index contributed by atoms with van der Waals surface area (Å²) in [6.07, 6.45) is 2.02. The molecule has 0 atom stereocenters. The zero-order chi connectivity index (χ0) is 11.3. The molecule has 0 spiro atoms. The first-order chi connectivity index (χ1) is 7.15. The monoisotopic (exact) mass is 225 g/mol. The molecule has 0 aliphatic rings. The van der Waals surface area contributed by atoms with Crippen molar-refractivity contribution in [1.29, 1.82) is 0 Å². The Kier molecular flexibility index (Phi) is 4.49. The summed E-state index contributed by atoms with van der Waals surface area (Å²) >= 11 is 1.73. The van der Waals surface area contributed by atoms with E-state index < -0.39 is 5.97 Å². The third-order valence-corrected chi connectivity index (χ3v) is 2.64. The molecule has 1 rings (SSSR count). The number of hydrogen-bond donors (Lipinski definition) is 2. The number of carboxylic acid groups (broad SMARTS) is 1. The number of carboxylic acids is 1. The molecule has 1 aromatic rings. The maximum Gasteiger partial charge on any atom is 0.337 e. The van der Waals surface area contributed by atoms with E-state index in [-0.39, 0.29) is 0 Å². The van der Waals surface area contributed by atoms with Crippen molar-refractivity contribution in [2.24, 2.45) is 0 Å². The summed E-state index contributed by atoms with van der Waals surface area (Å²) in [5.41, 5.74) is 2.10. The van der Waals surface area contributed by atoms with Crippen molar-refractivity contribution >= 4 is 23.4 Å². The Hall–Kier alpha value is -1.16. The number of anilines is 1. The van der Waals surface area contributed by atoms with Gasteiger partial charge in [-0.25, -0.2) is 4.79 Å². The van der Waals surface area contributed by atoms with Crippen molar-refractivity contribution in [2.75, 3.05) is 23.9 Å². The van der Waals surface area contributed by atoms with Crippen molar-refractivity contribution in [3.8, 4) is 0 Å². The van der Waals surface area contributed by atoms with Gasteiger partial charge >= 0.3 is 5.97 Å². The number of nitrogens with one attached hydrogen (secondary N) is 1. The van der Waals surface area contributed by atoms with Gasteiger partial charge in [0.05, 0.1) is 5.56 Å². The number of rotatable bonds is 5. The number of hydrogen-bond acceptors (Lipinski definition) is 3. The van der Waals surface area contributed by atoms with Crippen molar-refractivity contribution in [2.45, 2.75) is 6.92 Å². The van der Waals surface area contributed by atoms with Crippen LogP contribution in [0.4, 0.5) is 5.69 Å². The maximum atomic E-state index is 10.9. The van der Waals surface area contributed by atoms with E-state index in [0.717, 1.165) is 17.9 Å². The van der Waals surface area contributed by atoms with Gasteiger partial charge in [0.25, 0.3) is 0 Å². The summed E-state index contributed by atoms with van der Waals surface area (Å²) in [7, 11) is 0. The van der Waals surface area contributed by atoms with Crippen molar-refractivity contribution in [1.82, 2.24) is 0 Å². The lowest BCUT2D eigenvalue weighted by atomic mass is 10.1. The predicted molar refractivity (Wildman–Crippen MR) is 65.0 cm³/mol. The lowest BCUT2D eigenvalue weighted by molar-refractivity contribution is 0.0698. The molecule has 0 aromatic heterocycles. The zero-order valence-corrected chi connectivity index (χ0v) is 9.73. The van der Waals surface area contributed by atoms with Gasteiger partial charge in [-0.05, 0) is 30.9 Å². The molecule has 1 aromatic carbocycles. The second kappa shape index (κ2) is 5.66. The minimum atomic E-state index is -0.887. The Morgan fingerprint density at radius 1 is 1.53 bits per heavy atom. The highest BCUT2D eigenvalue weighted by Crippen LogP contribution is 2.17. The first-order valence-corrected chi connectivity index (χ1v) is 6.11. The molecular weight excluding hydrogens is 210 g/mol. The van der Waals surface area contributed by atoms with Crippen LogP contribution in [0.5, 0.6) is 0 Å². The summed E-state index contributed by atoms with van der Waals surface area (Å²) in [4.78, 5) is 10.9. The van der Waals surface area contributed by atoms with Gasteiger partial charge in [-0.3, -0.25) is 0 Å². The fourth-order valence-corrected chi connectivity index (χ4v) is 1.58. The summed E-state index contributed by atoms with van der Waals surface area (Å²) in [6.45, 7) is 2.73. The van der Waals surface area contributed by atoms with Crippen LogP contribution in [0.15, 0.2) is 18.2 Å². The summed E-state index contributed by atoms with van der Waals surface area (Å²) in [6, 6.07) is 5.31. The Balaban J connectivity index is 2.82. The van der Waals surface area contributed by atoms with Crippen molar-refractivity contribution < 1.29 is 9.90 Å². The molecule has 0 amide bonds. The highest BCUT2D eigenvalue weighted by atomic mass is 32.2. The topological polar surface area (TPSA) is 49.3 Å². The molecule has 2 N–H and O–H groups in total. The van der Waals surface area contributed by atoms with Crippen molar-refractivity contribution in [3.05, 3.63) is 29.3 Å². The molecule has 3 nitrogen and oxygen atoms in total. The standard InChI is InChI=1S/C11H15NO2S/c1-8-3-4-9(11(13)14)10(7-8)12-5-6-15-2/h3-4,7,12H,5-6H2,1-2H3,(H,13,14). The Bertz CT molecular complexity index is 352. The van der Waals surface area contributed by atoms with E-state index in [9.17, 15) is 4.79 Å². The van der Waals surface area contributed by atoms with Gasteiger partial charge in [0, 0.05) is 18.0 Å². The molecule has 82 valence electrons. The molecule has 0 fully saturated rings. The number of carbonyl (C=O) groups is 1. The van der Waals surface area contributed by atoms with E-state index in [1.54, 1.807) is 17.8 Å². The van der Waals surface area contributed by atoms with Gasteiger partial charge in [0.2, 0.25) is 0 Å². The first-order valence-electron chi connectivity index (χ1n) is 4.72. The van der Waals surface area contributed by atoms with Crippen LogP contribution in [0.25, 0.3) is 0 Å². The van der Waals surface area contributed by atoms with Gasteiger partial charge in [-0.15, -0.1) is 0 Å². The fourth-order valence-electron chi connectivity index (χ4n) is 1.28. The summed E-state index contributed by atoms with van der Waals surface area (Å²) < 4.78 is 0. The van der Waals surface area contributed by atoms with E-state index in [4.69, 9.17) is 5.11 Å². The highest BCUT2D eigenvalue weighted by Gasteiger charge is 2.08. The first kappa shape index (κ1) is 11.9. The molecule has 0 unspecified atom stereocenters. The van der Waals surface area contributed by atoms with E-state index in [1.165, 1.54) is 0 Å². The van der Waals surface area contributed by atoms with Gasteiger partial charge in [0.1, 0.15) is 0 Å². The van der Waals surface area contributed by atoms with E-state index >= 15 is 0 Å². The van der Waals surface area contributed by atoms with Crippen molar-refractivity contribution in [3.63, 3.8) is 0 Å². The molecule has 0 radical (unpaired) electrons. The van der Waals surface area contributed by atoms with Crippen LogP contribution in [0.1, 0.15) is 15.9 Å². The molecule has 0 bridgehead atoms. The van der Waals surface area contributed by atoms with Gasteiger partial charge < -0.3 is 10.4 Å². The number of thioether (sulfide) groups is 1. The Morgan fingerprint density at radius 2 is 2.27 bits per heavy atom. The van der Waals surface area contributed by atoms with Crippen LogP contribution in [0.2, 0.25) is 0 Å². The molecule has 0 aliphatic heterocycles. The molecular formula is C11H15NO2S. The number of aryl methyl sites for hydroxylation is 1. The number of benzene rings is 1. The minimum Gasteiger partial charge on any atom is -0.478 e. The molecule has 0 aliphatic carbocycles. The lowest BCUT2D eigenvalue weighted by Crippen LogP contribution is -2.09. The van der Waals surface area contributed by atoms with Gasteiger partial charge in [-0.2, -0.15) is 11.8 Å². The lowest BCUT2D eigenvalue weighted by Gasteiger charge is -2.09. The molecule has 0 heterocycles. The van der Waals surface area contributed by atoms with Crippen LogP contribution in [0.3, 0.4) is 0 Å².